The van der Waals surface area contributed by atoms with E-state index >= 15 is 0 Å². The Morgan fingerprint density at radius 2 is 1.84 bits per heavy atom. The second-order valence-electron chi connectivity index (χ2n) is 7.75. The van der Waals surface area contributed by atoms with Gasteiger partial charge in [0.2, 0.25) is 11.1 Å². The Morgan fingerprint density at radius 3 is 2.52 bits per heavy atom. The Morgan fingerprint density at radius 1 is 1.13 bits per heavy atom. The summed E-state index contributed by atoms with van der Waals surface area (Å²) in [5.41, 5.74) is 3.26. The summed E-state index contributed by atoms with van der Waals surface area (Å²) in [6.07, 6.45) is 3.67. The number of carbonyl (C=O) groups excluding carboxylic acids is 2. The molecule has 4 rings (SSSR count). The number of amides is 2. The quantitative estimate of drug-likeness (QED) is 0.615. The number of aromatic nitrogens is 4. The zero-order valence-corrected chi connectivity index (χ0v) is 18.8. The fraction of sp³-hybridized carbons (Fsp3) is 0.409. The van der Waals surface area contributed by atoms with Crippen LogP contribution in [0.25, 0.3) is 5.78 Å². The zero-order valence-electron chi connectivity index (χ0n) is 18.0. The molecule has 8 nitrogen and oxygen atoms in total. The number of aryl methyl sites for hydroxylation is 2. The first-order chi connectivity index (χ1) is 15.0. The molecule has 3 aromatic rings. The van der Waals surface area contributed by atoms with Gasteiger partial charge in [-0.2, -0.15) is 4.98 Å². The van der Waals surface area contributed by atoms with Crippen LogP contribution in [0.5, 0.6) is 0 Å². The fourth-order valence-corrected chi connectivity index (χ4v) is 4.30. The average molecular weight is 439 g/mol. The van der Waals surface area contributed by atoms with Crippen molar-refractivity contribution in [1.29, 1.82) is 0 Å². The second-order valence-corrected chi connectivity index (χ2v) is 8.52. The van der Waals surface area contributed by atoms with E-state index in [-0.39, 0.29) is 24.3 Å². The van der Waals surface area contributed by atoms with Gasteiger partial charge in [0.1, 0.15) is 0 Å². The highest BCUT2D eigenvalue weighted by atomic mass is 32.2. The number of benzene rings is 1. The van der Waals surface area contributed by atoms with Crippen LogP contribution in [-0.2, 0) is 11.2 Å². The van der Waals surface area contributed by atoms with Crippen LogP contribution >= 0.6 is 11.8 Å². The Labute approximate surface area is 185 Å². The topological polar surface area (TPSA) is 92.5 Å². The van der Waals surface area contributed by atoms with E-state index < -0.39 is 0 Å². The van der Waals surface area contributed by atoms with Crippen molar-refractivity contribution in [3.63, 3.8) is 0 Å². The molecular formula is C22H26N6O2S. The van der Waals surface area contributed by atoms with E-state index in [4.69, 9.17) is 0 Å². The van der Waals surface area contributed by atoms with Gasteiger partial charge in [0, 0.05) is 41.6 Å². The van der Waals surface area contributed by atoms with Crippen molar-refractivity contribution in [2.75, 3.05) is 19.3 Å². The van der Waals surface area contributed by atoms with Crippen LogP contribution in [0.2, 0.25) is 0 Å². The average Bonchev–Trinajstić information content (AvgIpc) is 3.20. The largest absolute Gasteiger partial charge is 0.353 e. The number of piperidine rings is 1. The number of carbonyl (C=O) groups is 2. The highest BCUT2D eigenvalue weighted by Gasteiger charge is 2.25. The Bertz CT molecular complexity index is 1110. The number of fused-ring (bicyclic) bond motifs is 1. The maximum atomic E-state index is 12.8. The summed E-state index contributed by atoms with van der Waals surface area (Å²) in [5, 5.41) is 8.23. The number of rotatable bonds is 5. The van der Waals surface area contributed by atoms with Gasteiger partial charge in [-0.3, -0.25) is 9.59 Å². The van der Waals surface area contributed by atoms with E-state index in [1.807, 2.05) is 55.3 Å². The van der Waals surface area contributed by atoms with Gasteiger partial charge < -0.3 is 10.2 Å². The van der Waals surface area contributed by atoms with E-state index in [1.54, 1.807) is 4.52 Å². The lowest BCUT2D eigenvalue weighted by Gasteiger charge is -2.32. The molecular weight excluding hydrogens is 412 g/mol. The van der Waals surface area contributed by atoms with Crippen molar-refractivity contribution in [2.45, 2.75) is 44.3 Å². The summed E-state index contributed by atoms with van der Waals surface area (Å²) in [6.45, 7) is 5.12. The van der Waals surface area contributed by atoms with Gasteiger partial charge >= 0.3 is 0 Å². The van der Waals surface area contributed by atoms with Crippen LogP contribution in [0.1, 0.15) is 40.2 Å². The number of nitrogens with zero attached hydrogens (tertiary/aromatic N) is 5. The first-order valence-electron chi connectivity index (χ1n) is 10.4. The zero-order chi connectivity index (χ0) is 22.0. The first kappa shape index (κ1) is 21.3. The van der Waals surface area contributed by atoms with E-state index in [9.17, 15) is 9.59 Å². The molecule has 3 heterocycles. The van der Waals surface area contributed by atoms with Gasteiger partial charge in [-0.25, -0.2) is 9.50 Å². The van der Waals surface area contributed by atoms with Crippen LogP contribution in [0.3, 0.4) is 0 Å². The SMILES string of the molecule is CSc1nc2nc(C)c(CC(=O)NC3CCN(C(=O)c4ccccc4)CC3)c(C)n2n1. The summed E-state index contributed by atoms with van der Waals surface area (Å²) in [6, 6.07) is 9.39. The number of hydrogen-bond donors (Lipinski definition) is 1. The van der Waals surface area contributed by atoms with Crippen molar-refractivity contribution in [3.05, 3.63) is 52.8 Å². The highest BCUT2D eigenvalue weighted by molar-refractivity contribution is 7.98. The van der Waals surface area contributed by atoms with Gasteiger partial charge in [-0.1, -0.05) is 30.0 Å². The highest BCUT2D eigenvalue weighted by Crippen LogP contribution is 2.18. The first-order valence-corrected chi connectivity index (χ1v) is 11.6. The molecule has 0 aliphatic carbocycles. The molecule has 1 aliphatic heterocycles. The molecule has 162 valence electrons. The molecule has 1 aliphatic rings. The van der Waals surface area contributed by atoms with E-state index in [1.165, 1.54) is 11.8 Å². The van der Waals surface area contributed by atoms with E-state index in [2.05, 4.69) is 20.4 Å². The molecule has 1 aromatic carbocycles. The predicted molar refractivity (Wildman–Crippen MR) is 119 cm³/mol. The van der Waals surface area contributed by atoms with Gasteiger partial charge in [-0.05, 0) is 45.1 Å². The summed E-state index contributed by atoms with van der Waals surface area (Å²) < 4.78 is 1.70. The number of nitrogens with one attached hydrogen (secondary N) is 1. The minimum absolute atomic E-state index is 0.0367. The van der Waals surface area contributed by atoms with Crippen molar-refractivity contribution in [2.24, 2.45) is 0 Å². The molecule has 0 atom stereocenters. The number of hydrogen-bond acceptors (Lipinski definition) is 6. The lowest BCUT2D eigenvalue weighted by atomic mass is 10.0. The number of thioether (sulfide) groups is 1. The summed E-state index contributed by atoms with van der Waals surface area (Å²) >= 11 is 1.46. The Balaban J connectivity index is 1.36. The standard InChI is InChI=1S/C22H26N6O2S/c1-14-18(15(2)28-21(23-14)25-22(26-28)31-3)13-19(29)24-17-9-11-27(12-10-17)20(30)16-7-5-4-6-8-16/h4-8,17H,9-13H2,1-3H3,(H,24,29). The molecule has 0 radical (unpaired) electrons. The van der Waals surface area contributed by atoms with Crippen LogP contribution in [-0.4, -0.2) is 61.7 Å². The van der Waals surface area contributed by atoms with Crippen LogP contribution in [0, 0.1) is 13.8 Å². The molecule has 1 fully saturated rings. The second kappa shape index (κ2) is 9.05. The summed E-state index contributed by atoms with van der Waals surface area (Å²) in [7, 11) is 0. The fourth-order valence-electron chi connectivity index (χ4n) is 3.96. The molecule has 2 amide bonds. The van der Waals surface area contributed by atoms with Crippen LogP contribution in [0.4, 0.5) is 0 Å². The molecule has 0 bridgehead atoms. The molecule has 31 heavy (non-hydrogen) atoms. The van der Waals surface area contributed by atoms with Gasteiger partial charge in [0.15, 0.2) is 0 Å². The maximum absolute atomic E-state index is 12.8. The minimum Gasteiger partial charge on any atom is -0.353 e. The van der Waals surface area contributed by atoms with Crippen LogP contribution in [0.15, 0.2) is 35.5 Å². The third-order valence-corrected chi connectivity index (χ3v) is 6.26. The summed E-state index contributed by atoms with van der Waals surface area (Å²) in [4.78, 5) is 36.1. The van der Waals surface area contributed by atoms with E-state index in [0.717, 1.165) is 29.8 Å². The van der Waals surface area contributed by atoms with Crippen LogP contribution < -0.4 is 5.32 Å². The van der Waals surface area contributed by atoms with Crippen molar-refractivity contribution >= 4 is 29.4 Å². The molecule has 0 unspecified atom stereocenters. The third-order valence-electron chi connectivity index (χ3n) is 5.72. The van der Waals surface area contributed by atoms with Gasteiger partial charge in [0.05, 0.1) is 6.42 Å². The predicted octanol–water partition coefficient (Wildman–Crippen LogP) is 2.43. The molecule has 9 heteroatoms. The minimum atomic E-state index is -0.0367. The van der Waals surface area contributed by atoms with Gasteiger partial charge in [0.25, 0.3) is 11.7 Å². The molecule has 0 spiro atoms. The smallest absolute Gasteiger partial charge is 0.253 e. The lowest BCUT2D eigenvalue weighted by molar-refractivity contribution is -0.121. The summed E-state index contributed by atoms with van der Waals surface area (Å²) in [5.74, 6) is 0.567. The third kappa shape index (κ3) is 4.56. The van der Waals surface area contributed by atoms with Crippen molar-refractivity contribution in [1.82, 2.24) is 29.8 Å². The molecule has 0 saturated carbocycles. The molecule has 1 N–H and O–H groups in total. The van der Waals surface area contributed by atoms with Gasteiger partial charge in [-0.15, -0.1) is 5.10 Å². The molecule has 1 saturated heterocycles. The Hall–Kier alpha value is -2.94. The van der Waals surface area contributed by atoms with Crippen molar-refractivity contribution in [3.8, 4) is 0 Å². The maximum Gasteiger partial charge on any atom is 0.253 e. The molecule has 2 aromatic heterocycles. The Kier molecular flexibility index (Phi) is 6.22. The number of likely N-dealkylation sites (tertiary alicyclic amines) is 1. The lowest BCUT2D eigenvalue weighted by Crippen LogP contribution is -2.47. The normalized spacial score (nSPS) is 14.7. The monoisotopic (exact) mass is 438 g/mol. The van der Waals surface area contributed by atoms with E-state index in [0.29, 0.717) is 29.6 Å². The van der Waals surface area contributed by atoms with Crippen molar-refractivity contribution < 1.29 is 9.59 Å².